The van der Waals surface area contributed by atoms with Crippen LogP contribution in [0.25, 0.3) is 0 Å². The summed E-state index contributed by atoms with van der Waals surface area (Å²) in [5.74, 6) is 0.450. The van der Waals surface area contributed by atoms with Crippen molar-refractivity contribution in [2.75, 3.05) is 26.7 Å². The fourth-order valence-electron chi connectivity index (χ4n) is 2.79. The standard InChI is InChI=1S/C15H30N2O/c1-3-4-5-6-7-8-11-17-12-9-10-14(13-17)15(18)16-2/h14H,3-13H2,1-2H3,(H,16,18). The minimum Gasteiger partial charge on any atom is -0.359 e. The summed E-state index contributed by atoms with van der Waals surface area (Å²) >= 11 is 0. The van der Waals surface area contributed by atoms with E-state index in [4.69, 9.17) is 0 Å². The minimum atomic E-state index is 0.225. The van der Waals surface area contributed by atoms with Gasteiger partial charge in [-0.25, -0.2) is 0 Å². The zero-order valence-electron chi connectivity index (χ0n) is 12.2. The number of carbonyl (C=O) groups is 1. The van der Waals surface area contributed by atoms with Crippen LogP contribution >= 0.6 is 0 Å². The van der Waals surface area contributed by atoms with Crippen molar-refractivity contribution in [2.24, 2.45) is 5.92 Å². The Bertz CT molecular complexity index is 231. The molecular weight excluding hydrogens is 224 g/mol. The van der Waals surface area contributed by atoms with Crippen molar-refractivity contribution in [3.63, 3.8) is 0 Å². The zero-order chi connectivity index (χ0) is 13.2. The highest BCUT2D eigenvalue weighted by atomic mass is 16.1. The number of rotatable bonds is 8. The molecule has 0 aliphatic carbocycles. The molecule has 1 amide bonds. The Labute approximate surface area is 112 Å². The van der Waals surface area contributed by atoms with Gasteiger partial charge < -0.3 is 10.2 Å². The number of unbranched alkanes of at least 4 members (excludes halogenated alkanes) is 5. The molecule has 0 aromatic rings. The van der Waals surface area contributed by atoms with Gasteiger partial charge in [0.1, 0.15) is 0 Å². The number of hydrogen-bond acceptors (Lipinski definition) is 2. The molecule has 0 bridgehead atoms. The van der Waals surface area contributed by atoms with E-state index < -0.39 is 0 Å². The number of hydrogen-bond donors (Lipinski definition) is 1. The highest BCUT2D eigenvalue weighted by Gasteiger charge is 2.24. The molecule has 1 saturated heterocycles. The Kier molecular flexibility index (Phi) is 8.06. The summed E-state index contributed by atoms with van der Waals surface area (Å²) < 4.78 is 0. The van der Waals surface area contributed by atoms with Gasteiger partial charge in [0.25, 0.3) is 0 Å². The van der Waals surface area contributed by atoms with Crippen LogP contribution in [-0.4, -0.2) is 37.5 Å². The van der Waals surface area contributed by atoms with Crippen molar-refractivity contribution in [3.8, 4) is 0 Å². The van der Waals surface area contributed by atoms with Gasteiger partial charge in [0, 0.05) is 13.6 Å². The van der Waals surface area contributed by atoms with Gasteiger partial charge in [0.2, 0.25) is 5.91 Å². The van der Waals surface area contributed by atoms with E-state index in [1.54, 1.807) is 7.05 Å². The second-order valence-electron chi connectivity index (χ2n) is 5.52. The van der Waals surface area contributed by atoms with Gasteiger partial charge in [-0.15, -0.1) is 0 Å². The maximum absolute atomic E-state index is 11.6. The third kappa shape index (κ3) is 5.85. The zero-order valence-corrected chi connectivity index (χ0v) is 12.2. The highest BCUT2D eigenvalue weighted by molar-refractivity contribution is 5.78. The van der Waals surface area contributed by atoms with E-state index in [0.717, 1.165) is 13.0 Å². The molecule has 3 nitrogen and oxygen atoms in total. The minimum absolute atomic E-state index is 0.225. The lowest BCUT2D eigenvalue weighted by atomic mass is 9.97. The van der Waals surface area contributed by atoms with Crippen molar-refractivity contribution < 1.29 is 4.79 Å². The lowest BCUT2D eigenvalue weighted by Crippen LogP contribution is -2.42. The lowest BCUT2D eigenvalue weighted by Gasteiger charge is -2.31. The van der Waals surface area contributed by atoms with E-state index in [-0.39, 0.29) is 11.8 Å². The second-order valence-corrected chi connectivity index (χ2v) is 5.52. The average Bonchev–Trinajstić information content (AvgIpc) is 2.42. The van der Waals surface area contributed by atoms with Crippen LogP contribution in [0.3, 0.4) is 0 Å². The molecule has 1 heterocycles. The Morgan fingerprint density at radius 2 is 1.94 bits per heavy atom. The molecule has 0 spiro atoms. The van der Waals surface area contributed by atoms with E-state index in [1.165, 1.54) is 58.0 Å². The summed E-state index contributed by atoms with van der Waals surface area (Å²) in [7, 11) is 1.75. The highest BCUT2D eigenvalue weighted by Crippen LogP contribution is 2.17. The van der Waals surface area contributed by atoms with E-state index >= 15 is 0 Å². The molecule has 1 aliphatic heterocycles. The van der Waals surface area contributed by atoms with Crippen LogP contribution in [0.1, 0.15) is 58.3 Å². The Morgan fingerprint density at radius 3 is 2.67 bits per heavy atom. The molecule has 1 unspecified atom stereocenters. The molecule has 1 N–H and O–H groups in total. The van der Waals surface area contributed by atoms with Gasteiger partial charge in [0.05, 0.1) is 5.92 Å². The van der Waals surface area contributed by atoms with Crippen molar-refractivity contribution in [1.29, 1.82) is 0 Å². The quantitative estimate of drug-likeness (QED) is 0.676. The number of nitrogens with zero attached hydrogens (tertiary/aromatic N) is 1. The average molecular weight is 254 g/mol. The first-order valence-electron chi connectivity index (χ1n) is 7.72. The lowest BCUT2D eigenvalue weighted by molar-refractivity contribution is -0.126. The van der Waals surface area contributed by atoms with Gasteiger partial charge in [-0.05, 0) is 32.4 Å². The molecule has 1 atom stereocenters. The van der Waals surface area contributed by atoms with Crippen LogP contribution in [0.5, 0.6) is 0 Å². The maximum Gasteiger partial charge on any atom is 0.224 e. The van der Waals surface area contributed by atoms with E-state index in [0.29, 0.717) is 0 Å². The van der Waals surface area contributed by atoms with Gasteiger partial charge in [0.15, 0.2) is 0 Å². The van der Waals surface area contributed by atoms with Crippen molar-refractivity contribution in [3.05, 3.63) is 0 Å². The Hall–Kier alpha value is -0.570. The molecule has 3 heteroatoms. The Balaban J connectivity index is 2.09. The largest absolute Gasteiger partial charge is 0.359 e. The third-order valence-corrected chi connectivity index (χ3v) is 3.95. The SMILES string of the molecule is CCCCCCCCN1CCCC(C(=O)NC)C1. The fourth-order valence-corrected chi connectivity index (χ4v) is 2.79. The first-order valence-corrected chi connectivity index (χ1v) is 7.72. The molecule has 1 fully saturated rings. The maximum atomic E-state index is 11.6. The van der Waals surface area contributed by atoms with Crippen LogP contribution in [0.4, 0.5) is 0 Å². The molecule has 0 aromatic heterocycles. The van der Waals surface area contributed by atoms with Gasteiger partial charge in [-0.2, -0.15) is 0 Å². The third-order valence-electron chi connectivity index (χ3n) is 3.95. The summed E-state index contributed by atoms with van der Waals surface area (Å²) in [6.07, 6.45) is 10.3. The molecule has 1 rings (SSSR count). The Morgan fingerprint density at radius 1 is 1.22 bits per heavy atom. The first-order chi connectivity index (χ1) is 8.77. The molecule has 0 aromatic carbocycles. The normalized spacial score (nSPS) is 20.9. The molecule has 0 saturated carbocycles. The summed E-state index contributed by atoms with van der Waals surface area (Å²) in [5, 5.41) is 2.78. The van der Waals surface area contributed by atoms with Crippen molar-refractivity contribution in [2.45, 2.75) is 58.3 Å². The summed E-state index contributed by atoms with van der Waals surface area (Å²) in [6.45, 7) is 5.59. The molecule has 18 heavy (non-hydrogen) atoms. The van der Waals surface area contributed by atoms with Crippen LogP contribution in [0.15, 0.2) is 0 Å². The second kappa shape index (κ2) is 9.37. The van der Waals surface area contributed by atoms with Crippen LogP contribution in [0.2, 0.25) is 0 Å². The molecule has 106 valence electrons. The smallest absolute Gasteiger partial charge is 0.224 e. The predicted octanol–water partition coefficient (Wildman–Crippen LogP) is 2.80. The van der Waals surface area contributed by atoms with E-state index in [9.17, 15) is 4.79 Å². The van der Waals surface area contributed by atoms with Crippen LogP contribution in [-0.2, 0) is 4.79 Å². The molecule has 0 radical (unpaired) electrons. The fraction of sp³-hybridized carbons (Fsp3) is 0.933. The molecule has 1 aliphatic rings. The number of likely N-dealkylation sites (tertiary alicyclic amines) is 1. The number of nitrogens with one attached hydrogen (secondary N) is 1. The van der Waals surface area contributed by atoms with Crippen LogP contribution < -0.4 is 5.32 Å². The summed E-state index contributed by atoms with van der Waals surface area (Å²) in [4.78, 5) is 14.1. The van der Waals surface area contributed by atoms with E-state index in [2.05, 4.69) is 17.1 Å². The number of piperidine rings is 1. The summed E-state index contributed by atoms with van der Waals surface area (Å²) in [5.41, 5.74) is 0. The topological polar surface area (TPSA) is 32.3 Å². The van der Waals surface area contributed by atoms with Crippen molar-refractivity contribution in [1.82, 2.24) is 10.2 Å². The molecular formula is C15H30N2O. The van der Waals surface area contributed by atoms with Gasteiger partial charge >= 0.3 is 0 Å². The predicted molar refractivity (Wildman–Crippen MR) is 76.6 cm³/mol. The van der Waals surface area contributed by atoms with Crippen molar-refractivity contribution >= 4 is 5.91 Å². The first kappa shape index (κ1) is 15.5. The number of amides is 1. The van der Waals surface area contributed by atoms with E-state index in [1.807, 2.05) is 0 Å². The van der Waals surface area contributed by atoms with Gasteiger partial charge in [-0.3, -0.25) is 4.79 Å². The van der Waals surface area contributed by atoms with Gasteiger partial charge in [-0.1, -0.05) is 39.0 Å². The van der Waals surface area contributed by atoms with Crippen LogP contribution in [0, 0.1) is 5.92 Å². The monoisotopic (exact) mass is 254 g/mol. The number of carbonyl (C=O) groups excluding carboxylic acids is 1. The summed E-state index contributed by atoms with van der Waals surface area (Å²) in [6, 6.07) is 0.